The second-order valence-electron chi connectivity index (χ2n) is 10.1. The number of nitrogens with one attached hydrogen (secondary N) is 2. The van der Waals surface area contributed by atoms with Crippen LogP contribution in [0.2, 0.25) is 0 Å². The normalized spacial score (nSPS) is 20.0. The van der Waals surface area contributed by atoms with Crippen molar-refractivity contribution in [1.82, 2.24) is 14.9 Å². The van der Waals surface area contributed by atoms with Gasteiger partial charge in [-0.1, -0.05) is 30.3 Å². The first-order valence-corrected chi connectivity index (χ1v) is 12.9. The zero-order valence-electron chi connectivity index (χ0n) is 20.3. The summed E-state index contributed by atoms with van der Waals surface area (Å²) in [5, 5.41) is 2.75. The molecule has 2 aliphatic rings. The lowest BCUT2D eigenvalue weighted by Gasteiger charge is -2.48. The van der Waals surface area contributed by atoms with Crippen molar-refractivity contribution in [3.05, 3.63) is 59.7 Å². The summed E-state index contributed by atoms with van der Waals surface area (Å²) in [5.41, 5.74) is -0.253. The molecule has 0 radical (unpaired) electrons. The maximum absolute atomic E-state index is 13.3. The van der Waals surface area contributed by atoms with Gasteiger partial charge in [-0.3, -0.25) is 19.3 Å². The number of fused-ring (bicyclic) bond motifs is 3. The average Bonchev–Trinajstić information content (AvgIpc) is 3.09. The molecule has 3 amide bonds. The van der Waals surface area contributed by atoms with E-state index < -0.39 is 27.1 Å². The highest BCUT2D eigenvalue weighted by Crippen LogP contribution is 2.43. The van der Waals surface area contributed by atoms with Crippen molar-refractivity contribution in [2.24, 2.45) is 0 Å². The van der Waals surface area contributed by atoms with Crippen LogP contribution in [-0.4, -0.2) is 48.8 Å². The number of sulfonamides is 1. The summed E-state index contributed by atoms with van der Waals surface area (Å²) in [6.45, 7) is 6.75. The van der Waals surface area contributed by atoms with Gasteiger partial charge < -0.3 is 10.2 Å². The fourth-order valence-electron chi connectivity index (χ4n) is 4.70. The van der Waals surface area contributed by atoms with Gasteiger partial charge in [0.1, 0.15) is 12.2 Å². The number of benzene rings is 2. The topological polar surface area (TPSA) is 116 Å². The summed E-state index contributed by atoms with van der Waals surface area (Å²) in [5.74, 6) is -0.862. The third kappa shape index (κ3) is 4.68. The third-order valence-electron chi connectivity index (χ3n) is 6.23. The molecule has 0 saturated carbocycles. The molecular formula is C25H30N4O5S. The molecule has 10 heteroatoms. The van der Waals surface area contributed by atoms with Gasteiger partial charge in [0.15, 0.2) is 0 Å². The fraction of sp³-hybridized carbons (Fsp3) is 0.400. The summed E-state index contributed by atoms with van der Waals surface area (Å²) >= 11 is 0. The van der Waals surface area contributed by atoms with E-state index in [-0.39, 0.29) is 36.2 Å². The van der Waals surface area contributed by atoms with Crippen molar-refractivity contribution in [3.63, 3.8) is 0 Å². The number of carbonyl (C=O) groups excluding carboxylic acids is 3. The van der Waals surface area contributed by atoms with E-state index in [9.17, 15) is 22.8 Å². The lowest BCUT2D eigenvalue weighted by Crippen LogP contribution is -2.63. The van der Waals surface area contributed by atoms with Gasteiger partial charge in [-0.2, -0.15) is 0 Å². The van der Waals surface area contributed by atoms with Crippen LogP contribution in [0, 0.1) is 0 Å². The number of anilines is 1. The highest BCUT2D eigenvalue weighted by Gasteiger charge is 2.53. The zero-order valence-corrected chi connectivity index (χ0v) is 21.1. The van der Waals surface area contributed by atoms with Crippen LogP contribution in [0.3, 0.4) is 0 Å². The van der Waals surface area contributed by atoms with E-state index in [1.54, 1.807) is 75.1 Å². The maximum atomic E-state index is 13.3. The highest BCUT2D eigenvalue weighted by molar-refractivity contribution is 7.89. The van der Waals surface area contributed by atoms with Crippen LogP contribution in [0.1, 0.15) is 56.5 Å². The Labute approximate surface area is 205 Å². The zero-order chi connectivity index (χ0) is 25.6. The van der Waals surface area contributed by atoms with Gasteiger partial charge in [-0.05, 0) is 57.9 Å². The number of para-hydroxylation sites is 1. The van der Waals surface area contributed by atoms with Gasteiger partial charge in [0.05, 0.1) is 16.1 Å². The van der Waals surface area contributed by atoms with Crippen LogP contribution < -0.4 is 14.9 Å². The number of hydrogen-bond acceptors (Lipinski definition) is 5. The Morgan fingerprint density at radius 1 is 1.06 bits per heavy atom. The Morgan fingerprint density at radius 3 is 2.43 bits per heavy atom. The molecule has 2 aromatic rings. The van der Waals surface area contributed by atoms with E-state index in [1.165, 1.54) is 11.0 Å². The quantitative estimate of drug-likeness (QED) is 0.635. The second kappa shape index (κ2) is 8.76. The van der Waals surface area contributed by atoms with Crippen molar-refractivity contribution in [2.45, 2.75) is 63.2 Å². The largest absolute Gasteiger partial charge is 0.350 e. The van der Waals surface area contributed by atoms with Gasteiger partial charge in [0, 0.05) is 18.5 Å². The smallest absolute Gasteiger partial charge is 0.258 e. The van der Waals surface area contributed by atoms with E-state index in [4.69, 9.17) is 0 Å². The molecule has 0 aliphatic carbocycles. The second-order valence-corrected chi connectivity index (χ2v) is 11.7. The van der Waals surface area contributed by atoms with Gasteiger partial charge in [0.25, 0.3) is 5.91 Å². The van der Waals surface area contributed by atoms with Crippen LogP contribution in [-0.2, 0) is 26.2 Å². The third-order valence-corrected chi connectivity index (χ3v) is 8.08. The Kier molecular flexibility index (Phi) is 6.23. The van der Waals surface area contributed by atoms with E-state index in [0.29, 0.717) is 23.2 Å². The van der Waals surface area contributed by atoms with Crippen LogP contribution in [0.25, 0.3) is 0 Å². The standard InChI is InChI=1S/C25H30N4O5S/c1-24(2,3)27-35(33,34)20-12-8-5-9-17(20)15-26-21(30)16-28-23(32)18-10-6-7-11-19(18)29-22(31)13-14-25(28,29)4/h5-12,27H,13-16H2,1-4H3,(H,26,30). The molecule has 186 valence electrons. The van der Waals surface area contributed by atoms with Gasteiger partial charge in [-0.25, -0.2) is 13.1 Å². The monoisotopic (exact) mass is 498 g/mol. The number of rotatable bonds is 6. The molecule has 35 heavy (non-hydrogen) atoms. The van der Waals surface area contributed by atoms with Gasteiger partial charge in [-0.15, -0.1) is 0 Å². The minimum absolute atomic E-state index is 0.0297. The molecule has 0 spiro atoms. The van der Waals surface area contributed by atoms with Crippen LogP contribution in [0.4, 0.5) is 5.69 Å². The number of carbonyl (C=O) groups is 3. The number of amides is 3. The van der Waals surface area contributed by atoms with E-state index in [0.717, 1.165) is 0 Å². The van der Waals surface area contributed by atoms with Crippen molar-refractivity contribution in [3.8, 4) is 0 Å². The first kappa shape index (κ1) is 24.9. The molecule has 9 nitrogen and oxygen atoms in total. The molecule has 1 atom stereocenters. The minimum Gasteiger partial charge on any atom is -0.350 e. The summed E-state index contributed by atoms with van der Waals surface area (Å²) in [7, 11) is -3.80. The Morgan fingerprint density at radius 2 is 1.71 bits per heavy atom. The molecule has 2 aromatic carbocycles. The molecule has 0 bridgehead atoms. The molecule has 0 aromatic heterocycles. The molecule has 2 aliphatic heterocycles. The van der Waals surface area contributed by atoms with Crippen molar-refractivity contribution in [2.75, 3.05) is 11.4 Å². The predicted octanol–water partition coefficient (Wildman–Crippen LogP) is 2.38. The van der Waals surface area contributed by atoms with E-state index >= 15 is 0 Å². The molecular weight excluding hydrogens is 468 g/mol. The summed E-state index contributed by atoms with van der Waals surface area (Å²) in [6.07, 6.45) is 0.695. The highest BCUT2D eigenvalue weighted by atomic mass is 32.2. The Hall–Kier alpha value is -3.24. The summed E-state index contributed by atoms with van der Waals surface area (Å²) < 4.78 is 28.4. The SMILES string of the molecule is CC(C)(C)NS(=O)(=O)c1ccccc1CNC(=O)CN1C(=O)c2ccccc2N2C(=O)CCC12C. The van der Waals surface area contributed by atoms with E-state index in [1.807, 2.05) is 0 Å². The predicted molar refractivity (Wildman–Crippen MR) is 131 cm³/mol. The lowest BCUT2D eigenvalue weighted by molar-refractivity contribution is -0.124. The van der Waals surface area contributed by atoms with Crippen molar-refractivity contribution >= 4 is 33.4 Å². The Bertz CT molecular complexity index is 1300. The molecule has 1 saturated heterocycles. The minimum atomic E-state index is -3.80. The van der Waals surface area contributed by atoms with Crippen LogP contribution >= 0.6 is 0 Å². The summed E-state index contributed by atoms with van der Waals surface area (Å²) in [4.78, 5) is 42.1. The first-order chi connectivity index (χ1) is 16.3. The van der Waals surface area contributed by atoms with Crippen LogP contribution in [0.5, 0.6) is 0 Å². The molecule has 4 rings (SSSR count). The molecule has 1 fully saturated rings. The average molecular weight is 499 g/mol. The van der Waals surface area contributed by atoms with Crippen LogP contribution in [0.15, 0.2) is 53.4 Å². The molecule has 2 N–H and O–H groups in total. The Balaban J connectivity index is 1.54. The van der Waals surface area contributed by atoms with E-state index in [2.05, 4.69) is 10.0 Å². The van der Waals surface area contributed by atoms with Gasteiger partial charge >= 0.3 is 0 Å². The molecule has 1 unspecified atom stereocenters. The van der Waals surface area contributed by atoms with Gasteiger partial charge in [0.2, 0.25) is 21.8 Å². The lowest BCUT2D eigenvalue weighted by atomic mass is 9.98. The molecule has 2 heterocycles. The summed E-state index contributed by atoms with van der Waals surface area (Å²) in [6, 6.07) is 13.3. The van der Waals surface area contributed by atoms with Crippen molar-refractivity contribution in [1.29, 1.82) is 0 Å². The van der Waals surface area contributed by atoms with Crippen molar-refractivity contribution < 1.29 is 22.8 Å². The fourth-order valence-corrected chi connectivity index (χ4v) is 6.36. The first-order valence-electron chi connectivity index (χ1n) is 11.5. The maximum Gasteiger partial charge on any atom is 0.258 e. The number of nitrogens with zero attached hydrogens (tertiary/aromatic N) is 2. The number of hydrogen-bond donors (Lipinski definition) is 2.